The summed E-state index contributed by atoms with van der Waals surface area (Å²) in [6.45, 7) is 1.15. The minimum absolute atomic E-state index is 0.349. The third kappa shape index (κ3) is 3.95. The van der Waals surface area contributed by atoms with E-state index in [-0.39, 0.29) is 0 Å². The van der Waals surface area contributed by atoms with Crippen LogP contribution in [0.1, 0.15) is 6.92 Å². The Labute approximate surface area is 117 Å². The van der Waals surface area contributed by atoms with E-state index >= 15 is 0 Å². The first-order valence-electron chi connectivity index (χ1n) is 5.71. The number of ether oxygens (including phenoxy) is 1. The van der Waals surface area contributed by atoms with Gasteiger partial charge in [-0.1, -0.05) is 12.1 Å². The number of nitrogens with two attached hydrogens (primary N) is 1. The van der Waals surface area contributed by atoms with Gasteiger partial charge in [0, 0.05) is 0 Å². The summed E-state index contributed by atoms with van der Waals surface area (Å²) in [4.78, 5) is 22.6. The third-order valence-electron chi connectivity index (χ3n) is 2.65. The Kier molecular flexibility index (Phi) is 5.09. The number of benzene rings is 1. The van der Waals surface area contributed by atoms with Crippen LogP contribution in [-0.4, -0.2) is 38.3 Å². The molecule has 1 rings (SSSR count). The number of para-hydroxylation sites is 2. The van der Waals surface area contributed by atoms with Gasteiger partial charge in [-0.25, -0.2) is 8.42 Å². The second kappa shape index (κ2) is 6.38. The van der Waals surface area contributed by atoms with Crippen molar-refractivity contribution in [3.05, 3.63) is 24.3 Å². The van der Waals surface area contributed by atoms with Crippen molar-refractivity contribution >= 4 is 27.3 Å². The Morgan fingerprint density at radius 2 is 1.95 bits per heavy atom. The van der Waals surface area contributed by atoms with E-state index in [0.29, 0.717) is 11.4 Å². The molecule has 0 saturated carbocycles. The summed E-state index contributed by atoms with van der Waals surface area (Å²) in [5.74, 6) is -2.17. The van der Waals surface area contributed by atoms with Crippen LogP contribution in [0, 0.1) is 0 Å². The minimum Gasteiger partial charge on any atom is -0.495 e. The van der Waals surface area contributed by atoms with Crippen molar-refractivity contribution in [2.24, 2.45) is 5.73 Å². The van der Waals surface area contributed by atoms with Gasteiger partial charge in [-0.05, 0) is 19.1 Å². The molecule has 1 aromatic rings. The molecular weight excluding hydrogens is 284 g/mol. The third-order valence-corrected chi connectivity index (χ3v) is 4.63. The van der Waals surface area contributed by atoms with Gasteiger partial charge in [-0.2, -0.15) is 0 Å². The fourth-order valence-corrected chi connectivity index (χ4v) is 2.46. The molecule has 0 aliphatic heterocycles. The highest BCUT2D eigenvalue weighted by Crippen LogP contribution is 2.22. The van der Waals surface area contributed by atoms with E-state index in [4.69, 9.17) is 10.5 Å². The van der Waals surface area contributed by atoms with Crippen molar-refractivity contribution in [2.45, 2.75) is 12.2 Å². The van der Waals surface area contributed by atoms with Crippen LogP contribution in [0.4, 0.5) is 5.69 Å². The molecule has 1 aromatic carbocycles. The fraction of sp³-hybridized carbons (Fsp3) is 0.333. The summed E-state index contributed by atoms with van der Waals surface area (Å²) in [5.41, 5.74) is 5.28. The molecule has 2 amide bonds. The maximum atomic E-state index is 11.7. The summed E-state index contributed by atoms with van der Waals surface area (Å²) >= 11 is 0. The Balaban J connectivity index is 2.81. The number of sulfone groups is 1. The molecule has 0 bridgehead atoms. The maximum Gasteiger partial charge on any atom is 0.239 e. The predicted octanol–water partition coefficient (Wildman–Crippen LogP) is -0.0777. The second-order valence-electron chi connectivity index (χ2n) is 4.10. The van der Waals surface area contributed by atoms with Crippen molar-refractivity contribution < 1.29 is 22.7 Å². The van der Waals surface area contributed by atoms with Gasteiger partial charge < -0.3 is 15.8 Å². The van der Waals surface area contributed by atoms with Crippen LogP contribution >= 0.6 is 0 Å². The highest BCUT2D eigenvalue weighted by Gasteiger charge is 2.28. The monoisotopic (exact) mass is 300 g/mol. The fourth-order valence-electron chi connectivity index (χ4n) is 1.42. The molecule has 0 fully saturated rings. The first-order valence-corrected chi connectivity index (χ1v) is 7.43. The number of amides is 2. The quantitative estimate of drug-likeness (QED) is 0.762. The molecule has 0 aromatic heterocycles. The van der Waals surface area contributed by atoms with Crippen LogP contribution in [0.5, 0.6) is 5.75 Å². The number of rotatable bonds is 6. The summed E-state index contributed by atoms with van der Waals surface area (Å²) < 4.78 is 28.5. The summed E-state index contributed by atoms with van der Waals surface area (Å²) in [6, 6.07) is 6.57. The Morgan fingerprint density at radius 1 is 1.35 bits per heavy atom. The lowest BCUT2D eigenvalue weighted by molar-refractivity contribution is -0.117. The highest BCUT2D eigenvalue weighted by atomic mass is 32.2. The van der Waals surface area contributed by atoms with Crippen molar-refractivity contribution in [3.63, 3.8) is 0 Å². The summed E-state index contributed by atoms with van der Waals surface area (Å²) in [7, 11) is -2.50. The van der Waals surface area contributed by atoms with Crippen LogP contribution < -0.4 is 15.8 Å². The lowest BCUT2D eigenvalue weighted by Gasteiger charge is -2.11. The lowest BCUT2D eigenvalue weighted by atomic mass is 10.3. The van der Waals surface area contributed by atoms with E-state index in [1.54, 1.807) is 24.3 Å². The molecule has 1 unspecified atom stereocenters. The van der Waals surface area contributed by atoms with Crippen molar-refractivity contribution in [3.8, 4) is 5.75 Å². The van der Waals surface area contributed by atoms with Crippen molar-refractivity contribution in [1.82, 2.24) is 0 Å². The lowest BCUT2D eigenvalue weighted by Crippen LogP contribution is -2.37. The van der Waals surface area contributed by atoms with Gasteiger partial charge in [-0.15, -0.1) is 0 Å². The van der Waals surface area contributed by atoms with Crippen LogP contribution in [0.3, 0.4) is 0 Å². The predicted molar refractivity (Wildman–Crippen MR) is 74.1 cm³/mol. The molecule has 1 atom stereocenters. The van der Waals surface area contributed by atoms with Crippen molar-refractivity contribution in [1.29, 1.82) is 0 Å². The standard InChI is InChI=1S/C12H16N2O5S/c1-8(12(13)16)20(17,18)7-11(15)14-9-5-3-4-6-10(9)19-2/h3-6,8H,7H2,1-2H3,(H2,13,16)(H,14,15). The van der Waals surface area contributed by atoms with E-state index in [2.05, 4.69) is 5.32 Å². The topological polar surface area (TPSA) is 116 Å². The molecule has 110 valence electrons. The highest BCUT2D eigenvalue weighted by molar-refractivity contribution is 7.93. The number of hydrogen-bond donors (Lipinski definition) is 2. The van der Waals surface area contributed by atoms with E-state index in [1.807, 2.05) is 0 Å². The molecule has 8 heteroatoms. The number of methoxy groups -OCH3 is 1. The van der Waals surface area contributed by atoms with Crippen LogP contribution in [0.25, 0.3) is 0 Å². The molecule has 0 radical (unpaired) electrons. The largest absolute Gasteiger partial charge is 0.495 e. The number of carbonyl (C=O) groups excluding carboxylic acids is 2. The molecule has 0 saturated heterocycles. The number of carbonyl (C=O) groups is 2. The Bertz CT molecular complexity index is 612. The zero-order valence-electron chi connectivity index (χ0n) is 11.1. The molecule has 3 N–H and O–H groups in total. The molecule has 0 aliphatic rings. The molecule has 7 nitrogen and oxygen atoms in total. The first kappa shape index (κ1) is 16.0. The maximum absolute atomic E-state index is 11.7. The van der Waals surface area contributed by atoms with Gasteiger partial charge in [0.05, 0.1) is 12.8 Å². The van der Waals surface area contributed by atoms with Gasteiger partial charge in [0.15, 0.2) is 9.84 Å². The number of primary amides is 1. The van der Waals surface area contributed by atoms with Gasteiger partial charge in [0.2, 0.25) is 11.8 Å². The molecule has 0 heterocycles. The van der Waals surface area contributed by atoms with Crippen molar-refractivity contribution in [2.75, 3.05) is 18.2 Å². The van der Waals surface area contributed by atoms with Crippen LogP contribution in [0.2, 0.25) is 0 Å². The molecule has 20 heavy (non-hydrogen) atoms. The van der Waals surface area contributed by atoms with E-state index in [0.717, 1.165) is 6.92 Å². The molecule has 0 spiro atoms. The van der Waals surface area contributed by atoms with Gasteiger partial charge in [-0.3, -0.25) is 9.59 Å². The number of nitrogens with one attached hydrogen (secondary N) is 1. The average molecular weight is 300 g/mol. The molecule has 0 aliphatic carbocycles. The Morgan fingerprint density at radius 3 is 2.50 bits per heavy atom. The summed E-state index contributed by atoms with van der Waals surface area (Å²) in [5, 5.41) is 1.00. The van der Waals surface area contributed by atoms with E-state index in [1.165, 1.54) is 7.11 Å². The van der Waals surface area contributed by atoms with Gasteiger partial charge >= 0.3 is 0 Å². The average Bonchev–Trinajstić information content (AvgIpc) is 2.37. The Hall–Kier alpha value is -2.09. The summed E-state index contributed by atoms with van der Waals surface area (Å²) in [6.07, 6.45) is 0. The number of anilines is 1. The van der Waals surface area contributed by atoms with Crippen LogP contribution in [-0.2, 0) is 19.4 Å². The minimum atomic E-state index is -3.93. The zero-order chi connectivity index (χ0) is 15.3. The van der Waals surface area contributed by atoms with Gasteiger partial charge in [0.25, 0.3) is 0 Å². The van der Waals surface area contributed by atoms with Crippen LogP contribution in [0.15, 0.2) is 24.3 Å². The molecular formula is C12H16N2O5S. The first-order chi connectivity index (χ1) is 9.27. The van der Waals surface area contributed by atoms with E-state index in [9.17, 15) is 18.0 Å². The number of hydrogen-bond acceptors (Lipinski definition) is 5. The zero-order valence-corrected chi connectivity index (χ0v) is 11.9. The SMILES string of the molecule is COc1ccccc1NC(=O)CS(=O)(=O)C(C)C(N)=O. The second-order valence-corrected chi connectivity index (χ2v) is 6.42. The van der Waals surface area contributed by atoms with E-state index < -0.39 is 32.7 Å². The smallest absolute Gasteiger partial charge is 0.239 e. The van der Waals surface area contributed by atoms with Gasteiger partial charge in [0.1, 0.15) is 16.8 Å². The normalized spacial score (nSPS) is 12.5.